The first kappa shape index (κ1) is 30.6. The smallest absolute Gasteiger partial charge is 0.245 e. The number of amides is 5. The molecule has 2 aliphatic heterocycles. The van der Waals surface area contributed by atoms with Crippen molar-refractivity contribution in [2.24, 2.45) is 0 Å². The Morgan fingerprint density at radius 3 is 2.21 bits per heavy atom. The van der Waals surface area contributed by atoms with Gasteiger partial charge in [-0.15, -0.1) is 23.2 Å². The number of rotatable bonds is 4. The van der Waals surface area contributed by atoms with Crippen LogP contribution in [0.4, 0.5) is 0 Å². The maximum Gasteiger partial charge on any atom is 0.245 e. The number of hydrogen-bond acceptors (Lipinski definition) is 7. The van der Waals surface area contributed by atoms with E-state index < -0.39 is 83.2 Å². The fraction of sp³-hybridized carbons (Fsp3) is 0.560. The molecule has 0 spiro atoms. The van der Waals surface area contributed by atoms with Crippen LogP contribution < -0.4 is 21.3 Å². The van der Waals surface area contributed by atoms with Gasteiger partial charge in [-0.2, -0.15) is 0 Å². The van der Waals surface area contributed by atoms with E-state index in [1.54, 1.807) is 37.3 Å². The maximum absolute atomic E-state index is 13.5. The number of nitrogens with zero attached hydrogens (tertiary/aromatic N) is 1. The molecule has 2 aliphatic rings. The molecule has 14 heteroatoms. The number of benzene rings is 1. The van der Waals surface area contributed by atoms with Crippen molar-refractivity contribution < 1.29 is 34.2 Å². The topological polar surface area (TPSA) is 177 Å². The molecular weight excluding hydrogens is 553 g/mol. The van der Waals surface area contributed by atoms with E-state index in [0.717, 1.165) is 4.90 Å². The van der Waals surface area contributed by atoms with Crippen LogP contribution in [0.5, 0.6) is 0 Å². The predicted octanol–water partition coefficient (Wildman–Crippen LogP) is -1.09. The molecule has 2 heterocycles. The Kier molecular flexibility index (Phi) is 10.5. The van der Waals surface area contributed by atoms with E-state index in [2.05, 4.69) is 21.3 Å². The van der Waals surface area contributed by atoms with Crippen molar-refractivity contribution in [3.63, 3.8) is 0 Å². The van der Waals surface area contributed by atoms with Crippen LogP contribution in [0.15, 0.2) is 30.3 Å². The molecule has 6 N–H and O–H groups in total. The average molecular weight is 586 g/mol. The standard InChI is InChI=1S/C25H33Cl2N5O7/c1-3-15-25(39)32-10-14(26)19(27)21(32)24(38)31-20(12(2)34)23(37)30-17(11-33)22(36)29-16(9-18(35)28-15)13-7-5-4-6-8-13/h4-8,12,14-17,19-21,33-34H,3,9-11H2,1-2H3,(H,28,35)(H,29,36)(H,30,37)(H,31,38)/t12?,14-,15+,16-,17+,19-,20+,21+/m1/s1. The number of hydrogen-bond donors (Lipinski definition) is 6. The van der Waals surface area contributed by atoms with Crippen molar-refractivity contribution in [3.8, 4) is 0 Å². The summed E-state index contributed by atoms with van der Waals surface area (Å²) in [5.74, 6) is -3.75. The molecule has 2 fully saturated rings. The summed E-state index contributed by atoms with van der Waals surface area (Å²) in [6, 6.07) is 2.39. The van der Waals surface area contributed by atoms with Crippen LogP contribution in [0, 0.1) is 0 Å². The van der Waals surface area contributed by atoms with Crippen LogP contribution in [0.1, 0.15) is 38.3 Å². The Balaban J connectivity index is 2.02. The molecular formula is C25H33Cl2N5O7. The number of alkyl halides is 2. The highest BCUT2D eigenvalue weighted by molar-refractivity contribution is 6.32. The second-order valence-electron chi connectivity index (χ2n) is 9.57. The molecule has 214 valence electrons. The van der Waals surface area contributed by atoms with Crippen molar-refractivity contribution in [2.45, 2.75) is 73.8 Å². The summed E-state index contributed by atoms with van der Waals surface area (Å²) >= 11 is 12.7. The molecule has 0 saturated carbocycles. The molecule has 0 bridgehead atoms. The lowest BCUT2D eigenvalue weighted by atomic mass is 10.0. The molecule has 8 atom stereocenters. The van der Waals surface area contributed by atoms with E-state index >= 15 is 0 Å². The molecule has 1 unspecified atom stereocenters. The van der Waals surface area contributed by atoms with Crippen molar-refractivity contribution >= 4 is 52.7 Å². The SMILES string of the molecule is CC[C@@H]1NC(=O)C[C@H](c2ccccc2)NC(=O)[C@H](CO)NC(=O)[C@H](C(C)O)NC(=O)[C@@H]2[C@H](Cl)[C@H](Cl)CN2C1=O. The first-order valence-electron chi connectivity index (χ1n) is 12.6. The summed E-state index contributed by atoms with van der Waals surface area (Å²) in [4.78, 5) is 67.1. The van der Waals surface area contributed by atoms with Gasteiger partial charge < -0.3 is 36.4 Å². The van der Waals surface area contributed by atoms with E-state index in [1.165, 1.54) is 6.92 Å². The van der Waals surface area contributed by atoms with Crippen LogP contribution in [-0.2, 0) is 24.0 Å². The van der Waals surface area contributed by atoms with Crippen molar-refractivity contribution in [1.29, 1.82) is 0 Å². The minimum Gasteiger partial charge on any atom is -0.394 e. The average Bonchev–Trinajstić information content (AvgIpc) is 3.21. The van der Waals surface area contributed by atoms with Crippen LogP contribution in [-0.4, -0.2) is 98.8 Å². The van der Waals surface area contributed by atoms with Crippen LogP contribution in [0.3, 0.4) is 0 Å². The van der Waals surface area contributed by atoms with Gasteiger partial charge in [0.05, 0.1) is 35.9 Å². The third kappa shape index (κ3) is 7.18. The van der Waals surface area contributed by atoms with Gasteiger partial charge in [0.2, 0.25) is 29.5 Å². The van der Waals surface area contributed by atoms with E-state index in [-0.39, 0.29) is 19.4 Å². The summed E-state index contributed by atoms with van der Waals surface area (Å²) in [5, 5.41) is 28.3. The zero-order chi connectivity index (χ0) is 28.9. The first-order valence-corrected chi connectivity index (χ1v) is 13.5. The molecule has 5 amide bonds. The largest absolute Gasteiger partial charge is 0.394 e. The summed E-state index contributed by atoms with van der Waals surface area (Å²) in [6.45, 7) is 2.05. The molecule has 0 aliphatic carbocycles. The van der Waals surface area contributed by atoms with Gasteiger partial charge in [-0.3, -0.25) is 24.0 Å². The highest BCUT2D eigenvalue weighted by Crippen LogP contribution is 2.29. The number of aliphatic hydroxyl groups excluding tert-OH is 2. The van der Waals surface area contributed by atoms with Gasteiger partial charge in [0.15, 0.2) is 0 Å². The third-order valence-electron chi connectivity index (χ3n) is 6.73. The van der Waals surface area contributed by atoms with Gasteiger partial charge in [0.1, 0.15) is 24.2 Å². The number of carbonyl (C=O) groups is 5. The summed E-state index contributed by atoms with van der Waals surface area (Å²) in [7, 11) is 0. The van der Waals surface area contributed by atoms with E-state index in [9.17, 15) is 34.2 Å². The van der Waals surface area contributed by atoms with E-state index in [4.69, 9.17) is 23.2 Å². The minimum absolute atomic E-state index is 0.0835. The Morgan fingerprint density at radius 1 is 0.949 bits per heavy atom. The highest BCUT2D eigenvalue weighted by Gasteiger charge is 2.48. The van der Waals surface area contributed by atoms with E-state index in [1.807, 2.05) is 0 Å². The van der Waals surface area contributed by atoms with Gasteiger partial charge >= 0.3 is 0 Å². The summed E-state index contributed by atoms with van der Waals surface area (Å²) in [5.41, 5.74) is 0.577. The predicted molar refractivity (Wildman–Crippen MR) is 142 cm³/mol. The normalized spacial score (nSPS) is 32.0. The maximum atomic E-state index is 13.5. The fourth-order valence-corrected chi connectivity index (χ4v) is 5.19. The molecule has 1 aromatic carbocycles. The lowest BCUT2D eigenvalue weighted by Crippen LogP contribution is -2.62. The highest BCUT2D eigenvalue weighted by atomic mass is 35.5. The number of aliphatic hydroxyl groups is 2. The lowest BCUT2D eigenvalue weighted by Gasteiger charge is -2.32. The zero-order valence-electron chi connectivity index (χ0n) is 21.5. The molecule has 0 aromatic heterocycles. The Bertz CT molecular complexity index is 1080. The quantitative estimate of drug-likeness (QED) is 0.243. The van der Waals surface area contributed by atoms with Crippen molar-refractivity contribution in [1.82, 2.24) is 26.2 Å². The zero-order valence-corrected chi connectivity index (χ0v) is 23.0. The van der Waals surface area contributed by atoms with Crippen LogP contribution >= 0.6 is 23.2 Å². The van der Waals surface area contributed by atoms with Gasteiger partial charge in [-0.25, -0.2) is 0 Å². The van der Waals surface area contributed by atoms with Crippen LogP contribution in [0.2, 0.25) is 0 Å². The second-order valence-corrected chi connectivity index (χ2v) is 10.6. The first-order chi connectivity index (χ1) is 18.5. The Hall–Kier alpha value is -2.93. The third-order valence-corrected chi connectivity index (χ3v) is 7.81. The molecule has 3 rings (SSSR count). The van der Waals surface area contributed by atoms with Crippen LogP contribution in [0.25, 0.3) is 0 Å². The Labute approximate surface area is 235 Å². The van der Waals surface area contributed by atoms with Crippen molar-refractivity contribution in [2.75, 3.05) is 13.2 Å². The number of nitrogens with one attached hydrogen (secondary N) is 4. The van der Waals surface area contributed by atoms with Gasteiger partial charge in [0.25, 0.3) is 0 Å². The van der Waals surface area contributed by atoms with Crippen molar-refractivity contribution in [3.05, 3.63) is 35.9 Å². The fourth-order valence-electron chi connectivity index (χ4n) is 4.57. The summed E-state index contributed by atoms with van der Waals surface area (Å²) in [6.07, 6.45) is -1.49. The van der Waals surface area contributed by atoms with Gasteiger partial charge in [-0.1, -0.05) is 37.3 Å². The molecule has 2 saturated heterocycles. The number of carbonyl (C=O) groups excluding carboxylic acids is 5. The van der Waals surface area contributed by atoms with E-state index in [0.29, 0.717) is 5.56 Å². The summed E-state index contributed by atoms with van der Waals surface area (Å²) < 4.78 is 0. The monoisotopic (exact) mass is 585 g/mol. The minimum atomic E-state index is -1.55. The van der Waals surface area contributed by atoms with Gasteiger partial charge in [-0.05, 0) is 18.9 Å². The van der Waals surface area contributed by atoms with Gasteiger partial charge in [0, 0.05) is 6.54 Å². The lowest BCUT2D eigenvalue weighted by molar-refractivity contribution is -0.143. The Morgan fingerprint density at radius 2 is 1.62 bits per heavy atom. The molecule has 0 radical (unpaired) electrons. The number of halogens is 2. The molecule has 1 aromatic rings. The number of fused-ring (bicyclic) bond motifs is 1. The molecule has 12 nitrogen and oxygen atoms in total. The second kappa shape index (κ2) is 13.4. The molecule has 39 heavy (non-hydrogen) atoms.